The van der Waals surface area contributed by atoms with Crippen molar-refractivity contribution in [1.29, 1.82) is 0 Å². The molecule has 1 fully saturated rings. The summed E-state index contributed by atoms with van der Waals surface area (Å²) in [6.07, 6.45) is 4.29. The molecule has 0 radical (unpaired) electrons. The normalized spacial score (nSPS) is 15.0. The molecule has 2 aromatic carbocycles. The van der Waals surface area contributed by atoms with Crippen LogP contribution in [-0.4, -0.2) is 34.9 Å². The number of ether oxygens (including phenoxy) is 2. The Labute approximate surface area is 187 Å². The Bertz CT molecular complexity index is 964. The first-order chi connectivity index (χ1) is 14.5. The number of hydrogen-bond donors (Lipinski definition) is 0. The largest absolute Gasteiger partial charge is 0.493 e. The van der Waals surface area contributed by atoms with Gasteiger partial charge in [0, 0.05) is 13.0 Å². The molecule has 4 nitrogen and oxygen atoms in total. The molecule has 1 aliphatic heterocycles. The summed E-state index contributed by atoms with van der Waals surface area (Å²) >= 11 is 6.59. The summed E-state index contributed by atoms with van der Waals surface area (Å²) in [6, 6.07) is 13.9. The summed E-state index contributed by atoms with van der Waals surface area (Å²) in [5, 5.41) is 0. The van der Waals surface area contributed by atoms with Crippen molar-refractivity contribution in [1.82, 2.24) is 4.90 Å². The van der Waals surface area contributed by atoms with Crippen LogP contribution in [0, 0.1) is 13.8 Å². The minimum Gasteiger partial charge on any atom is -0.493 e. The van der Waals surface area contributed by atoms with Crippen LogP contribution in [-0.2, 0) is 4.79 Å². The molecular weight excluding hydrogens is 414 g/mol. The molecule has 0 saturated carbocycles. The lowest BCUT2D eigenvalue weighted by Crippen LogP contribution is -2.27. The van der Waals surface area contributed by atoms with Gasteiger partial charge in [0.1, 0.15) is 15.8 Å². The molecule has 30 heavy (non-hydrogen) atoms. The Morgan fingerprint density at radius 3 is 2.47 bits per heavy atom. The molecule has 0 aromatic heterocycles. The molecule has 1 saturated heterocycles. The molecular formula is C24H25NO3S2. The van der Waals surface area contributed by atoms with Crippen LogP contribution in [0.3, 0.4) is 0 Å². The molecule has 0 bridgehead atoms. The highest BCUT2D eigenvalue weighted by Crippen LogP contribution is 2.32. The minimum absolute atomic E-state index is 0.0836. The van der Waals surface area contributed by atoms with Crippen molar-refractivity contribution in [3.63, 3.8) is 0 Å². The lowest BCUT2D eigenvalue weighted by atomic mass is 10.1. The molecule has 0 atom stereocenters. The van der Waals surface area contributed by atoms with E-state index in [4.69, 9.17) is 21.7 Å². The van der Waals surface area contributed by atoms with E-state index in [1.54, 1.807) is 11.0 Å². The second-order valence-corrected chi connectivity index (χ2v) is 8.70. The first-order valence-corrected chi connectivity index (χ1v) is 11.0. The van der Waals surface area contributed by atoms with Crippen LogP contribution in [0.25, 0.3) is 6.08 Å². The summed E-state index contributed by atoms with van der Waals surface area (Å²) in [5.74, 6) is 1.57. The molecule has 1 amide bonds. The number of carbonyl (C=O) groups excluding carboxylic acids is 1. The van der Waals surface area contributed by atoms with Gasteiger partial charge in [-0.1, -0.05) is 48.3 Å². The maximum absolute atomic E-state index is 12.5. The van der Waals surface area contributed by atoms with E-state index in [9.17, 15) is 4.79 Å². The van der Waals surface area contributed by atoms with Gasteiger partial charge in [-0.2, -0.15) is 0 Å². The van der Waals surface area contributed by atoms with Crippen LogP contribution in [0.15, 0.2) is 60.0 Å². The molecule has 156 valence electrons. The number of aryl methyl sites for hydroxylation is 2. The summed E-state index contributed by atoms with van der Waals surface area (Å²) < 4.78 is 12.2. The molecule has 0 N–H and O–H groups in total. The first-order valence-electron chi connectivity index (χ1n) is 9.76. The summed E-state index contributed by atoms with van der Waals surface area (Å²) in [5.41, 5.74) is 3.29. The van der Waals surface area contributed by atoms with Crippen LogP contribution in [0.2, 0.25) is 0 Å². The minimum atomic E-state index is -0.0836. The van der Waals surface area contributed by atoms with Crippen molar-refractivity contribution in [3.8, 4) is 11.5 Å². The highest BCUT2D eigenvalue weighted by Gasteiger charge is 2.30. The predicted octanol–water partition coefficient (Wildman–Crippen LogP) is 5.54. The fraction of sp³-hybridized carbons (Fsp3) is 0.250. The maximum Gasteiger partial charge on any atom is 0.266 e. The summed E-state index contributed by atoms with van der Waals surface area (Å²) in [6.45, 7) is 9.37. The molecule has 0 unspecified atom stereocenters. The molecule has 3 rings (SSSR count). The van der Waals surface area contributed by atoms with E-state index < -0.39 is 0 Å². The molecule has 2 aromatic rings. The number of nitrogens with zero attached hydrogens (tertiary/aromatic N) is 1. The molecule has 1 heterocycles. The van der Waals surface area contributed by atoms with Crippen LogP contribution in [0.4, 0.5) is 0 Å². The average Bonchev–Trinajstić information content (AvgIpc) is 2.95. The van der Waals surface area contributed by atoms with E-state index in [1.807, 2.05) is 42.5 Å². The Balaban J connectivity index is 1.51. The quantitative estimate of drug-likeness (QED) is 0.222. The highest BCUT2D eigenvalue weighted by molar-refractivity contribution is 8.26. The zero-order valence-corrected chi connectivity index (χ0v) is 18.9. The standard InChI is InChI=1S/C24H25NO3S2/c1-4-9-25-23(26)22(30-24(25)29)16-19-7-5-8-20(15-19)27-10-6-11-28-21-13-17(2)12-18(3)14-21/h4-5,7-8,12-16H,1,6,9-11H2,2-3H3/b22-16+. The molecule has 0 aliphatic carbocycles. The Morgan fingerprint density at radius 1 is 1.07 bits per heavy atom. The fourth-order valence-electron chi connectivity index (χ4n) is 3.09. The lowest BCUT2D eigenvalue weighted by molar-refractivity contribution is -0.121. The zero-order valence-electron chi connectivity index (χ0n) is 17.2. The van der Waals surface area contributed by atoms with Gasteiger partial charge in [-0.15, -0.1) is 6.58 Å². The lowest BCUT2D eigenvalue weighted by Gasteiger charge is -2.10. The number of benzene rings is 2. The Hall–Kier alpha value is -2.57. The van der Waals surface area contributed by atoms with Crippen LogP contribution < -0.4 is 9.47 Å². The van der Waals surface area contributed by atoms with E-state index in [0.717, 1.165) is 23.5 Å². The van der Waals surface area contributed by atoms with E-state index >= 15 is 0 Å². The van der Waals surface area contributed by atoms with Crippen molar-refractivity contribution in [2.45, 2.75) is 20.3 Å². The van der Waals surface area contributed by atoms with Gasteiger partial charge in [0.2, 0.25) is 0 Å². The average molecular weight is 440 g/mol. The van der Waals surface area contributed by atoms with E-state index in [-0.39, 0.29) is 5.91 Å². The van der Waals surface area contributed by atoms with Crippen molar-refractivity contribution in [2.75, 3.05) is 19.8 Å². The zero-order chi connectivity index (χ0) is 21.5. The summed E-state index contributed by atoms with van der Waals surface area (Å²) in [4.78, 5) is 14.6. The predicted molar refractivity (Wildman–Crippen MR) is 128 cm³/mol. The van der Waals surface area contributed by atoms with Gasteiger partial charge in [-0.3, -0.25) is 9.69 Å². The smallest absolute Gasteiger partial charge is 0.266 e. The fourth-order valence-corrected chi connectivity index (χ4v) is 4.36. The van der Waals surface area contributed by atoms with Crippen molar-refractivity contribution >= 4 is 40.3 Å². The van der Waals surface area contributed by atoms with E-state index in [1.165, 1.54) is 22.9 Å². The second kappa shape index (κ2) is 10.5. The van der Waals surface area contributed by atoms with Crippen LogP contribution in [0.5, 0.6) is 11.5 Å². The van der Waals surface area contributed by atoms with Crippen LogP contribution >= 0.6 is 24.0 Å². The van der Waals surface area contributed by atoms with Gasteiger partial charge in [0.15, 0.2) is 0 Å². The van der Waals surface area contributed by atoms with Gasteiger partial charge in [-0.05, 0) is 60.9 Å². The van der Waals surface area contributed by atoms with Gasteiger partial charge in [-0.25, -0.2) is 0 Å². The number of hydrogen-bond acceptors (Lipinski definition) is 5. The maximum atomic E-state index is 12.5. The monoisotopic (exact) mass is 439 g/mol. The third kappa shape index (κ3) is 5.97. The summed E-state index contributed by atoms with van der Waals surface area (Å²) in [7, 11) is 0. The first kappa shape index (κ1) is 22.1. The number of amides is 1. The number of thiocarbonyl (C=S) groups is 1. The van der Waals surface area contributed by atoms with Crippen LogP contribution in [0.1, 0.15) is 23.1 Å². The SMILES string of the molecule is C=CCN1C(=O)/C(=C\c2cccc(OCCCOc3cc(C)cc(C)c3)c2)SC1=S. The van der Waals surface area contributed by atoms with Gasteiger partial charge >= 0.3 is 0 Å². The number of thioether (sulfide) groups is 1. The van der Waals surface area contributed by atoms with Gasteiger partial charge < -0.3 is 9.47 Å². The molecule has 6 heteroatoms. The third-order valence-electron chi connectivity index (χ3n) is 4.36. The Kier molecular flexibility index (Phi) is 7.71. The Morgan fingerprint density at radius 2 is 1.77 bits per heavy atom. The number of rotatable bonds is 9. The van der Waals surface area contributed by atoms with Crippen molar-refractivity contribution in [2.24, 2.45) is 0 Å². The third-order valence-corrected chi connectivity index (χ3v) is 5.74. The molecule has 1 aliphatic rings. The van der Waals surface area contributed by atoms with Crippen molar-refractivity contribution in [3.05, 3.63) is 76.7 Å². The topological polar surface area (TPSA) is 38.8 Å². The van der Waals surface area contributed by atoms with Crippen molar-refractivity contribution < 1.29 is 14.3 Å². The highest BCUT2D eigenvalue weighted by atomic mass is 32.2. The van der Waals surface area contributed by atoms with E-state index in [2.05, 4.69) is 26.5 Å². The van der Waals surface area contributed by atoms with E-state index in [0.29, 0.717) is 29.0 Å². The second-order valence-electron chi connectivity index (χ2n) is 7.03. The number of carbonyl (C=O) groups is 1. The van der Waals surface area contributed by atoms with Gasteiger partial charge in [0.25, 0.3) is 5.91 Å². The van der Waals surface area contributed by atoms with Gasteiger partial charge in [0.05, 0.1) is 18.1 Å². The molecule has 0 spiro atoms.